The first kappa shape index (κ1) is 23.8. The number of amides is 1. The normalized spacial score (nSPS) is 24.9. The van der Waals surface area contributed by atoms with Gasteiger partial charge in [-0.1, -0.05) is 13.8 Å². The molecule has 1 amide bonds. The van der Waals surface area contributed by atoms with Gasteiger partial charge in [-0.25, -0.2) is 9.97 Å². The number of piperidine rings is 1. The summed E-state index contributed by atoms with van der Waals surface area (Å²) >= 11 is 0. The molecule has 0 radical (unpaired) electrons. The topological polar surface area (TPSA) is 69.6 Å². The van der Waals surface area contributed by atoms with Crippen LogP contribution in [0.15, 0.2) is 18.7 Å². The van der Waals surface area contributed by atoms with E-state index >= 15 is 0 Å². The molecule has 1 aromatic rings. The zero-order valence-corrected chi connectivity index (χ0v) is 19.8. The highest BCUT2D eigenvalue weighted by Gasteiger charge is 2.37. The third kappa shape index (κ3) is 5.89. The van der Waals surface area contributed by atoms with Crippen LogP contribution in [0.2, 0.25) is 0 Å². The van der Waals surface area contributed by atoms with E-state index in [2.05, 4.69) is 40.7 Å². The maximum absolute atomic E-state index is 12.2. The molecule has 0 saturated carbocycles. The van der Waals surface area contributed by atoms with Gasteiger partial charge in [-0.3, -0.25) is 19.4 Å². The van der Waals surface area contributed by atoms with Gasteiger partial charge in [0.2, 0.25) is 0 Å². The number of carbonyl (C=O) groups is 2. The molecule has 31 heavy (non-hydrogen) atoms. The Hall–Kier alpha value is -1.86. The van der Waals surface area contributed by atoms with Crippen LogP contribution in [0.1, 0.15) is 63.7 Å². The van der Waals surface area contributed by atoms with Gasteiger partial charge in [0.25, 0.3) is 5.91 Å². The number of fused-ring (bicyclic) bond motifs is 2. The monoisotopic (exact) mass is 429 g/mol. The van der Waals surface area contributed by atoms with Gasteiger partial charge in [-0.05, 0) is 46.6 Å². The quantitative estimate of drug-likeness (QED) is 0.733. The summed E-state index contributed by atoms with van der Waals surface area (Å²) in [5.41, 5.74) is 0.510. The zero-order valence-electron chi connectivity index (χ0n) is 19.8. The number of carbonyl (C=O) groups excluding carboxylic acids is 2. The molecule has 0 aromatic carbocycles. The Balaban J connectivity index is 0.000000194. The van der Waals surface area contributed by atoms with E-state index in [1.807, 2.05) is 13.8 Å². The molecule has 2 atom stereocenters. The van der Waals surface area contributed by atoms with Crippen LogP contribution in [0.25, 0.3) is 0 Å². The molecule has 0 aliphatic carbocycles. The van der Waals surface area contributed by atoms with Crippen LogP contribution in [0.4, 0.5) is 0 Å². The van der Waals surface area contributed by atoms with Crippen molar-refractivity contribution < 1.29 is 9.59 Å². The van der Waals surface area contributed by atoms with Gasteiger partial charge in [-0.2, -0.15) is 0 Å². The fraction of sp³-hybridized carbons (Fsp3) is 0.750. The first-order chi connectivity index (χ1) is 14.8. The van der Waals surface area contributed by atoms with Crippen molar-refractivity contribution in [2.75, 3.05) is 33.2 Å². The highest BCUT2D eigenvalue weighted by atomic mass is 16.2. The lowest BCUT2D eigenvalue weighted by atomic mass is 9.87. The Kier molecular flexibility index (Phi) is 8.17. The van der Waals surface area contributed by atoms with Crippen molar-refractivity contribution in [3.63, 3.8) is 0 Å². The lowest BCUT2D eigenvalue weighted by molar-refractivity contribution is -0.127. The summed E-state index contributed by atoms with van der Waals surface area (Å²) in [6.07, 6.45) is 8.83. The molecule has 7 nitrogen and oxygen atoms in total. The molecule has 3 aliphatic rings. The number of ketones is 1. The summed E-state index contributed by atoms with van der Waals surface area (Å²) in [5, 5.41) is 0. The highest BCUT2D eigenvalue weighted by Crippen LogP contribution is 2.29. The Morgan fingerprint density at radius 1 is 0.935 bits per heavy atom. The van der Waals surface area contributed by atoms with E-state index in [0.29, 0.717) is 24.4 Å². The van der Waals surface area contributed by atoms with E-state index in [1.54, 1.807) is 4.90 Å². The molecule has 3 aliphatic heterocycles. The number of rotatable bonds is 4. The number of aromatic nitrogens is 2. The lowest BCUT2D eigenvalue weighted by Gasteiger charge is -2.40. The Bertz CT molecular complexity index is 717. The molecular weight excluding hydrogens is 390 g/mol. The van der Waals surface area contributed by atoms with Gasteiger partial charge in [0, 0.05) is 68.5 Å². The minimum atomic E-state index is -0.0453. The number of likely N-dealkylation sites (tertiary alicyclic amines) is 2. The van der Waals surface area contributed by atoms with Crippen molar-refractivity contribution in [3.8, 4) is 0 Å². The maximum Gasteiger partial charge on any atom is 0.256 e. The van der Waals surface area contributed by atoms with Crippen LogP contribution in [0.3, 0.4) is 0 Å². The van der Waals surface area contributed by atoms with Crippen LogP contribution in [-0.4, -0.2) is 87.7 Å². The summed E-state index contributed by atoms with van der Waals surface area (Å²) in [6.45, 7) is 12.3. The van der Waals surface area contributed by atoms with Crippen molar-refractivity contribution in [2.45, 2.75) is 71.5 Å². The predicted molar refractivity (Wildman–Crippen MR) is 122 cm³/mol. The second-order valence-electron chi connectivity index (χ2n) is 9.85. The molecule has 3 fully saturated rings. The van der Waals surface area contributed by atoms with Gasteiger partial charge in [-0.15, -0.1) is 0 Å². The average molecular weight is 430 g/mol. The van der Waals surface area contributed by atoms with Crippen LogP contribution < -0.4 is 0 Å². The predicted octanol–water partition coefficient (Wildman–Crippen LogP) is 2.73. The number of hydrogen-bond acceptors (Lipinski definition) is 6. The Morgan fingerprint density at radius 3 is 1.97 bits per heavy atom. The summed E-state index contributed by atoms with van der Waals surface area (Å²) < 4.78 is 0. The zero-order chi connectivity index (χ0) is 22.5. The Labute approximate surface area is 187 Å². The van der Waals surface area contributed by atoms with Crippen molar-refractivity contribution in [1.82, 2.24) is 24.7 Å². The van der Waals surface area contributed by atoms with Crippen LogP contribution in [0.5, 0.6) is 0 Å². The smallest absolute Gasteiger partial charge is 0.256 e. The third-order valence-electron chi connectivity index (χ3n) is 7.17. The van der Waals surface area contributed by atoms with Crippen molar-refractivity contribution in [2.24, 2.45) is 11.8 Å². The van der Waals surface area contributed by atoms with Gasteiger partial charge < -0.3 is 4.90 Å². The van der Waals surface area contributed by atoms with E-state index in [-0.39, 0.29) is 17.7 Å². The van der Waals surface area contributed by atoms with E-state index in [4.69, 9.17) is 0 Å². The van der Waals surface area contributed by atoms with E-state index in [0.717, 1.165) is 31.0 Å². The molecule has 0 spiro atoms. The maximum atomic E-state index is 12.2. The SMILES string of the molecule is CC(C)C(=O)C1CCN(C(=O)c2cncnc2)CC1.CC(C)N1CC2CCC(C1)N2C. The minimum Gasteiger partial charge on any atom is -0.339 e. The highest BCUT2D eigenvalue weighted by molar-refractivity contribution is 5.93. The summed E-state index contributed by atoms with van der Waals surface area (Å²) in [4.78, 5) is 38.8. The van der Waals surface area contributed by atoms with Gasteiger partial charge >= 0.3 is 0 Å². The molecular formula is C24H39N5O2. The van der Waals surface area contributed by atoms with Crippen molar-refractivity contribution in [3.05, 3.63) is 24.3 Å². The lowest BCUT2D eigenvalue weighted by Crippen LogP contribution is -2.53. The first-order valence-corrected chi connectivity index (χ1v) is 11.8. The third-order valence-corrected chi connectivity index (χ3v) is 7.17. The molecule has 3 saturated heterocycles. The van der Waals surface area contributed by atoms with Crippen molar-refractivity contribution in [1.29, 1.82) is 0 Å². The number of hydrogen-bond donors (Lipinski definition) is 0. The molecule has 7 heteroatoms. The molecule has 0 N–H and O–H groups in total. The van der Waals surface area contributed by atoms with E-state index in [9.17, 15) is 9.59 Å². The van der Waals surface area contributed by atoms with Gasteiger partial charge in [0.15, 0.2) is 0 Å². The number of Topliss-reactive ketones (excluding diaryl/α,β-unsaturated/α-hetero) is 1. The minimum absolute atomic E-state index is 0.0453. The number of nitrogens with zero attached hydrogens (tertiary/aromatic N) is 5. The molecule has 4 rings (SSSR count). The fourth-order valence-corrected chi connectivity index (χ4v) is 5.00. The van der Waals surface area contributed by atoms with Crippen LogP contribution in [-0.2, 0) is 4.79 Å². The van der Waals surface area contributed by atoms with E-state index < -0.39 is 0 Å². The molecule has 4 heterocycles. The average Bonchev–Trinajstić information content (AvgIpc) is 2.99. The van der Waals surface area contributed by atoms with Crippen LogP contribution >= 0.6 is 0 Å². The van der Waals surface area contributed by atoms with E-state index in [1.165, 1.54) is 44.7 Å². The number of likely N-dealkylation sites (N-methyl/N-ethyl adjacent to an activating group) is 1. The second-order valence-corrected chi connectivity index (χ2v) is 9.85. The van der Waals surface area contributed by atoms with Gasteiger partial charge in [0.1, 0.15) is 12.1 Å². The fourth-order valence-electron chi connectivity index (χ4n) is 5.00. The molecule has 1 aromatic heterocycles. The largest absolute Gasteiger partial charge is 0.339 e. The molecule has 2 unspecified atom stereocenters. The summed E-state index contributed by atoms with van der Waals surface area (Å²) in [5.74, 6) is 0.456. The second kappa shape index (κ2) is 10.6. The first-order valence-electron chi connectivity index (χ1n) is 11.8. The molecule has 172 valence electrons. The van der Waals surface area contributed by atoms with Gasteiger partial charge in [0.05, 0.1) is 5.56 Å². The number of piperazine rings is 1. The van der Waals surface area contributed by atoms with Crippen LogP contribution in [0, 0.1) is 11.8 Å². The summed E-state index contributed by atoms with van der Waals surface area (Å²) in [7, 11) is 2.29. The molecule has 2 bridgehead atoms. The summed E-state index contributed by atoms with van der Waals surface area (Å²) in [6, 6.07) is 2.44. The standard InChI is InChI=1S/C14H19N3O2.C10H20N2/c1-10(2)13(18)11-3-5-17(6-4-11)14(19)12-7-15-9-16-8-12;1-8(2)12-6-9-4-5-10(7-12)11(9)3/h7-11H,3-6H2,1-2H3;8-10H,4-7H2,1-3H3. The van der Waals surface area contributed by atoms with Crippen molar-refractivity contribution >= 4 is 11.7 Å². The Morgan fingerprint density at radius 2 is 1.48 bits per heavy atom.